The fraction of sp³-hybridized carbons (Fsp3) is 0. The van der Waals surface area contributed by atoms with Crippen LogP contribution in [0.5, 0.6) is 0 Å². The molecule has 0 saturated carbocycles. The molecular weight excluding hydrogens is 452 g/mol. The fourth-order valence-electron chi connectivity index (χ4n) is 2.83. The second kappa shape index (κ2) is 8.43. The van der Waals surface area contributed by atoms with Gasteiger partial charge in [0.15, 0.2) is 15.8 Å². The molecule has 0 spiro atoms. The molecule has 9 heteroatoms. The molecule has 5 aromatic rings. The number of halogens is 1. The van der Waals surface area contributed by atoms with Gasteiger partial charge in [-0.2, -0.15) is 0 Å². The van der Waals surface area contributed by atoms with Gasteiger partial charge in [0.2, 0.25) is 5.01 Å². The Labute approximate surface area is 189 Å². The maximum absolute atomic E-state index is 12.4. The number of nitrogens with zero attached hydrogens (tertiary/aromatic N) is 3. The summed E-state index contributed by atoms with van der Waals surface area (Å²) in [7, 11) is 0. The number of hydrogen-bond acceptors (Lipinski definition) is 7. The van der Waals surface area contributed by atoms with E-state index in [0.29, 0.717) is 27.2 Å². The maximum atomic E-state index is 12.4. The van der Waals surface area contributed by atoms with Crippen LogP contribution in [0.3, 0.4) is 0 Å². The Morgan fingerprint density at radius 2 is 1.71 bits per heavy atom. The average Bonchev–Trinajstić information content (AvgIpc) is 3.53. The first-order chi connectivity index (χ1) is 15.2. The van der Waals surface area contributed by atoms with Crippen molar-refractivity contribution in [3.63, 3.8) is 0 Å². The third kappa shape index (κ3) is 4.27. The van der Waals surface area contributed by atoms with Crippen LogP contribution in [0, 0.1) is 0 Å². The van der Waals surface area contributed by atoms with Gasteiger partial charge in [0.25, 0.3) is 5.91 Å². The van der Waals surface area contributed by atoms with Gasteiger partial charge in [-0.25, -0.2) is 4.98 Å². The van der Waals surface area contributed by atoms with Crippen LogP contribution in [0.2, 0.25) is 0 Å². The molecule has 0 saturated heterocycles. The lowest BCUT2D eigenvalue weighted by Crippen LogP contribution is -2.11. The molecule has 1 N–H and O–H groups in total. The number of anilines is 1. The first-order valence-electron chi connectivity index (χ1n) is 9.19. The van der Waals surface area contributed by atoms with Gasteiger partial charge in [-0.05, 0) is 36.4 Å². The highest BCUT2D eigenvalue weighted by molar-refractivity contribution is 7.21. The summed E-state index contributed by atoms with van der Waals surface area (Å²) in [5.41, 5.74) is 1.62. The number of furan rings is 1. The standard InChI is InChI=1S/C22H13ClN4O2S2/c23-15(20-26-27-22(31-20)19(28)24-13-6-2-1-3-7-13)12-14-10-11-17(29-14)21-25-16-8-4-5-9-18(16)30-21/h1-12H,(H,24,28)/b15-12-. The summed E-state index contributed by atoms with van der Waals surface area (Å²) in [4.78, 5) is 16.9. The number of nitrogens with one attached hydrogen (secondary N) is 1. The van der Waals surface area contributed by atoms with Crippen LogP contribution in [0.15, 0.2) is 71.1 Å². The molecule has 0 bridgehead atoms. The molecule has 3 heterocycles. The first-order valence-corrected chi connectivity index (χ1v) is 11.2. The van der Waals surface area contributed by atoms with Gasteiger partial charge in [-0.1, -0.05) is 53.3 Å². The largest absolute Gasteiger partial charge is 0.454 e. The van der Waals surface area contributed by atoms with Crippen molar-refractivity contribution in [3.8, 4) is 10.8 Å². The van der Waals surface area contributed by atoms with E-state index in [1.807, 2.05) is 54.6 Å². The Morgan fingerprint density at radius 3 is 2.55 bits per heavy atom. The topological polar surface area (TPSA) is 80.9 Å². The molecule has 2 aromatic carbocycles. The summed E-state index contributed by atoms with van der Waals surface area (Å²) < 4.78 is 6.99. The van der Waals surface area contributed by atoms with E-state index < -0.39 is 0 Å². The van der Waals surface area contributed by atoms with Gasteiger partial charge in [-0.3, -0.25) is 4.79 Å². The van der Waals surface area contributed by atoms with E-state index in [-0.39, 0.29) is 10.9 Å². The van der Waals surface area contributed by atoms with Crippen LogP contribution < -0.4 is 5.32 Å². The van der Waals surface area contributed by atoms with E-state index in [1.165, 1.54) is 0 Å². The lowest BCUT2D eigenvalue weighted by molar-refractivity contribution is 0.102. The minimum Gasteiger partial charge on any atom is -0.454 e. The quantitative estimate of drug-likeness (QED) is 0.325. The monoisotopic (exact) mass is 464 g/mol. The van der Waals surface area contributed by atoms with Crippen molar-refractivity contribution >= 4 is 67.2 Å². The van der Waals surface area contributed by atoms with Gasteiger partial charge >= 0.3 is 0 Å². The molecule has 6 nitrogen and oxygen atoms in total. The highest BCUT2D eigenvalue weighted by atomic mass is 35.5. The summed E-state index contributed by atoms with van der Waals surface area (Å²) in [5, 5.41) is 12.5. The molecule has 152 valence electrons. The third-order valence-corrected chi connectivity index (χ3v) is 6.66. The van der Waals surface area contributed by atoms with Gasteiger partial charge in [0, 0.05) is 11.8 Å². The first kappa shape index (κ1) is 19.6. The van der Waals surface area contributed by atoms with E-state index in [2.05, 4.69) is 20.5 Å². The van der Waals surface area contributed by atoms with Crippen LogP contribution in [0.25, 0.3) is 32.1 Å². The van der Waals surface area contributed by atoms with E-state index in [1.54, 1.807) is 29.5 Å². The van der Waals surface area contributed by atoms with Crippen molar-refractivity contribution in [2.45, 2.75) is 0 Å². The van der Waals surface area contributed by atoms with Gasteiger partial charge < -0.3 is 9.73 Å². The smallest absolute Gasteiger partial charge is 0.286 e. The molecule has 3 aromatic heterocycles. The third-order valence-electron chi connectivity index (χ3n) is 4.26. The van der Waals surface area contributed by atoms with Crippen LogP contribution in [-0.4, -0.2) is 21.1 Å². The number of benzene rings is 2. The normalized spacial score (nSPS) is 11.7. The summed E-state index contributed by atoms with van der Waals surface area (Å²) >= 11 is 9.07. The Bertz CT molecular complexity index is 1370. The van der Waals surface area contributed by atoms with E-state index in [9.17, 15) is 4.79 Å². The summed E-state index contributed by atoms with van der Waals surface area (Å²) in [6.45, 7) is 0. The van der Waals surface area contributed by atoms with Crippen molar-refractivity contribution in [2.75, 3.05) is 5.32 Å². The van der Waals surface area contributed by atoms with Crippen LogP contribution in [0.1, 0.15) is 20.6 Å². The summed E-state index contributed by atoms with van der Waals surface area (Å²) in [6.07, 6.45) is 1.65. The molecule has 0 atom stereocenters. The number of para-hydroxylation sites is 2. The zero-order chi connectivity index (χ0) is 21.2. The predicted octanol–water partition coefficient (Wildman–Crippen LogP) is 6.40. The van der Waals surface area contributed by atoms with E-state index >= 15 is 0 Å². The SMILES string of the molecule is O=C(Nc1ccccc1)c1nnc(/C(Cl)=C/c2ccc(-c3nc4ccccc4s3)o2)s1. The second-order valence-electron chi connectivity index (χ2n) is 6.41. The Kier molecular flexibility index (Phi) is 5.33. The van der Waals surface area contributed by atoms with Crippen molar-refractivity contribution < 1.29 is 9.21 Å². The molecule has 0 aliphatic carbocycles. The van der Waals surface area contributed by atoms with Gasteiger partial charge in [-0.15, -0.1) is 21.5 Å². The summed E-state index contributed by atoms with van der Waals surface area (Å²) in [6, 6.07) is 20.8. The Hall–Kier alpha value is -3.33. The van der Waals surface area contributed by atoms with Gasteiger partial charge in [0.05, 0.1) is 15.2 Å². The lowest BCUT2D eigenvalue weighted by Gasteiger charge is -2.00. The van der Waals surface area contributed by atoms with Crippen molar-refractivity contribution in [3.05, 3.63) is 82.5 Å². The zero-order valence-corrected chi connectivity index (χ0v) is 18.2. The number of thiazole rings is 1. The molecule has 0 unspecified atom stereocenters. The maximum Gasteiger partial charge on any atom is 0.286 e. The number of rotatable bonds is 5. The molecule has 0 fully saturated rings. The Morgan fingerprint density at radius 1 is 0.935 bits per heavy atom. The fourth-order valence-corrected chi connectivity index (χ4v) is 4.66. The lowest BCUT2D eigenvalue weighted by atomic mass is 10.3. The Balaban J connectivity index is 1.33. The minimum absolute atomic E-state index is 0.222. The van der Waals surface area contributed by atoms with Gasteiger partial charge in [0.1, 0.15) is 5.76 Å². The predicted molar refractivity (Wildman–Crippen MR) is 125 cm³/mol. The van der Waals surface area contributed by atoms with E-state index in [4.69, 9.17) is 16.0 Å². The molecule has 0 aliphatic heterocycles. The number of carbonyl (C=O) groups is 1. The highest BCUT2D eigenvalue weighted by Crippen LogP contribution is 2.33. The molecular formula is C22H13ClN4O2S2. The summed E-state index contributed by atoms with van der Waals surface area (Å²) in [5.74, 6) is 0.886. The van der Waals surface area contributed by atoms with E-state index in [0.717, 1.165) is 26.6 Å². The minimum atomic E-state index is -0.337. The van der Waals surface area contributed by atoms with Crippen molar-refractivity contribution in [2.24, 2.45) is 0 Å². The molecule has 0 radical (unpaired) electrons. The average molecular weight is 465 g/mol. The molecule has 0 aliphatic rings. The zero-order valence-electron chi connectivity index (χ0n) is 15.8. The number of fused-ring (bicyclic) bond motifs is 1. The van der Waals surface area contributed by atoms with Crippen molar-refractivity contribution in [1.29, 1.82) is 0 Å². The molecule has 1 amide bonds. The van der Waals surface area contributed by atoms with Crippen LogP contribution in [0.4, 0.5) is 5.69 Å². The highest BCUT2D eigenvalue weighted by Gasteiger charge is 2.16. The van der Waals surface area contributed by atoms with Crippen LogP contribution >= 0.6 is 34.3 Å². The number of hydrogen-bond donors (Lipinski definition) is 1. The number of aromatic nitrogens is 3. The molecule has 5 rings (SSSR count). The second-order valence-corrected chi connectivity index (χ2v) is 8.83. The van der Waals surface area contributed by atoms with Crippen LogP contribution in [-0.2, 0) is 0 Å². The van der Waals surface area contributed by atoms with Crippen molar-refractivity contribution in [1.82, 2.24) is 15.2 Å². The number of amides is 1. The number of carbonyl (C=O) groups excluding carboxylic acids is 1. The molecule has 31 heavy (non-hydrogen) atoms.